The second-order valence-corrected chi connectivity index (χ2v) is 7.27. The van der Waals surface area contributed by atoms with Crippen molar-refractivity contribution in [2.24, 2.45) is 13.0 Å². The van der Waals surface area contributed by atoms with Crippen molar-refractivity contribution in [2.75, 3.05) is 16.8 Å². The van der Waals surface area contributed by atoms with Gasteiger partial charge in [-0.15, -0.1) is 0 Å². The van der Waals surface area contributed by atoms with Gasteiger partial charge in [-0.25, -0.2) is 4.79 Å². The third-order valence-corrected chi connectivity index (χ3v) is 5.69. The maximum absolute atomic E-state index is 11.6. The molecule has 5 heteroatoms. The lowest BCUT2D eigenvalue weighted by Gasteiger charge is -2.29. The second kappa shape index (κ2) is 5.41. The Balaban J connectivity index is 1.36. The van der Waals surface area contributed by atoms with Crippen molar-refractivity contribution in [1.82, 2.24) is 4.57 Å². The van der Waals surface area contributed by atoms with E-state index in [9.17, 15) is 4.79 Å². The zero-order valence-electron chi connectivity index (χ0n) is 14.2. The fourth-order valence-corrected chi connectivity index (χ4v) is 4.36. The molecule has 1 saturated heterocycles. The predicted octanol–water partition coefficient (Wildman–Crippen LogP) is 3.86. The molecule has 0 unspecified atom stereocenters. The van der Waals surface area contributed by atoms with Gasteiger partial charge >= 0.3 is 5.76 Å². The van der Waals surface area contributed by atoms with Crippen LogP contribution in [0, 0.1) is 5.92 Å². The van der Waals surface area contributed by atoms with Gasteiger partial charge in [-0.3, -0.25) is 4.57 Å². The Labute approximate surface area is 145 Å². The summed E-state index contributed by atoms with van der Waals surface area (Å²) in [5.74, 6) is 0.562. The molecule has 1 N–H and O–H groups in total. The first kappa shape index (κ1) is 14.6. The first-order valence-corrected chi connectivity index (χ1v) is 8.91. The average Bonchev–Trinajstić information content (AvgIpc) is 3.31. The zero-order chi connectivity index (χ0) is 17.0. The van der Waals surface area contributed by atoms with E-state index in [0.717, 1.165) is 28.9 Å². The average molecular weight is 335 g/mol. The minimum absolute atomic E-state index is 0.337. The number of anilines is 3. The van der Waals surface area contributed by atoms with Gasteiger partial charge in [0, 0.05) is 42.8 Å². The Morgan fingerprint density at radius 2 is 1.88 bits per heavy atom. The fraction of sp³-hybridized carbons (Fsp3) is 0.350. The second-order valence-electron chi connectivity index (χ2n) is 7.27. The summed E-state index contributed by atoms with van der Waals surface area (Å²) >= 11 is 0. The molecular formula is C20H21N3O2. The topological polar surface area (TPSA) is 50.4 Å². The number of fused-ring (bicyclic) bond motifs is 3. The number of piperidine rings is 1. The molecule has 0 amide bonds. The number of nitrogens with zero attached hydrogens (tertiary/aromatic N) is 2. The van der Waals surface area contributed by atoms with Crippen LogP contribution in [0.1, 0.15) is 19.3 Å². The lowest BCUT2D eigenvalue weighted by molar-refractivity contribution is 0.528. The van der Waals surface area contributed by atoms with Crippen LogP contribution in [0.3, 0.4) is 0 Å². The molecule has 1 aliphatic heterocycles. The predicted molar refractivity (Wildman–Crippen MR) is 99.7 cm³/mol. The van der Waals surface area contributed by atoms with Gasteiger partial charge in [-0.1, -0.05) is 0 Å². The number of aryl methyl sites for hydroxylation is 1. The van der Waals surface area contributed by atoms with Crippen molar-refractivity contribution < 1.29 is 4.42 Å². The number of rotatable bonds is 3. The van der Waals surface area contributed by atoms with E-state index in [2.05, 4.69) is 34.5 Å². The number of aromatic nitrogens is 1. The molecule has 1 saturated carbocycles. The van der Waals surface area contributed by atoms with Crippen LogP contribution in [0.25, 0.3) is 11.1 Å². The Hall–Kier alpha value is -2.69. The van der Waals surface area contributed by atoms with Crippen molar-refractivity contribution >= 4 is 28.2 Å². The van der Waals surface area contributed by atoms with Crippen LogP contribution in [0.5, 0.6) is 0 Å². The summed E-state index contributed by atoms with van der Waals surface area (Å²) in [7, 11) is 1.71. The molecule has 2 heterocycles. The quantitative estimate of drug-likeness (QED) is 0.789. The van der Waals surface area contributed by atoms with Crippen molar-refractivity contribution in [3.05, 3.63) is 53.0 Å². The SMILES string of the molecule is Cn1c(=O)oc2cc(Nc3ccc(N4C[C@H]5CC[C@@H]4C5)cc3)ccc21. The van der Waals surface area contributed by atoms with Crippen LogP contribution < -0.4 is 16.0 Å². The molecule has 0 spiro atoms. The van der Waals surface area contributed by atoms with Gasteiger partial charge in [-0.05, 0) is 61.6 Å². The zero-order valence-corrected chi connectivity index (χ0v) is 14.2. The van der Waals surface area contributed by atoms with Crippen molar-refractivity contribution in [3.8, 4) is 0 Å². The molecule has 3 aromatic rings. The highest BCUT2D eigenvalue weighted by atomic mass is 16.4. The lowest BCUT2D eigenvalue weighted by Crippen LogP contribution is -2.31. The van der Waals surface area contributed by atoms with Gasteiger partial charge in [0.1, 0.15) is 0 Å². The van der Waals surface area contributed by atoms with Gasteiger partial charge < -0.3 is 14.6 Å². The Morgan fingerprint density at radius 1 is 1.08 bits per heavy atom. The molecule has 128 valence electrons. The van der Waals surface area contributed by atoms with Crippen LogP contribution in [-0.4, -0.2) is 17.2 Å². The normalized spacial score (nSPS) is 22.0. The van der Waals surface area contributed by atoms with Gasteiger partial charge in [0.25, 0.3) is 0 Å². The molecule has 2 atom stereocenters. The smallest absolute Gasteiger partial charge is 0.408 e. The molecular weight excluding hydrogens is 314 g/mol. The number of hydrogen-bond donors (Lipinski definition) is 1. The third-order valence-electron chi connectivity index (χ3n) is 5.69. The largest absolute Gasteiger partial charge is 0.419 e. The Morgan fingerprint density at radius 3 is 2.60 bits per heavy atom. The molecule has 0 radical (unpaired) electrons. The van der Waals surface area contributed by atoms with E-state index in [0.29, 0.717) is 5.58 Å². The molecule has 1 aromatic heterocycles. The maximum Gasteiger partial charge on any atom is 0.419 e. The molecule has 2 aromatic carbocycles. The molecule has 2 fully saturated rings. The highest BCUT2D eigenvalue weighted by Gasteiger charge is 2.37. The molecule has 1 aliphatic carbocycles. The minimum Gasteiger partial charge on any atom is -0.408 e. The van der Waals surface area contributed by atoms with Crippen molar-refractivity contribution in [3.63, 3.8) is 0 Å². The first-order valence-electron chi connectivity index (χ1n) is 8.91. The van der Waals surface area contributed by atoms with Gasteiger partial charge in [0.05, 0.1) is 5.52 Å². The van der Waals surface area contributed by atoms with E-state index in [1.54, 1.807) is 7.05 Å². The number of benzene rings is 2. The highest BCUT2D eigenvalue weighted by Crippen LogP contribution is 2.40. The van der Waals surface area contributed by atoms with E-state index in [4.69, 9.17) is 4.42 Å². The van der Waals surface area contributed by atoms with Gasteiger partial charge in [0.2, 0.25) is 0 Å². The molecule has 5 rings (SSSR count). The highest BCUT2D eigenvalue weighted by molar-refractivity contribution is 5.79. The minimum atomic E-state index is -0.337. The molecule has 5 nitrogen and oxygen atoms in total. The summed E-state index contributed by atoms with van der Waals surface area (Å²) in [6, 6.07) is 15.1. The molecule has 2 bridgehead atoms. The Kier molecular flexibility index (Phi) is 3.17. The summed E-state index contributed by atoms with van der Waals surface area (Å²) in [6.45, 7) is 1.21. The van der Waals surface area contributed by atoms with Crippen LogP contribution in [0.4, 0.5) is 17.1 Å². The van der Waals surface area contributed by atoms with E-state index in [-0.39, 0.29) is 5.76 Å². The monoisotopic (exact) mass is 335 g/mol. The fourth-order valence-electron chi connectivity index (χ4n) is 4.36. The summed E-state index contributed by atoms with van der Waals surface area (Å²) in [6.07, 6.45) is 4.11. The summed E-state index contributed by atoms with van der Waals surface area (Å²) in [5.41, 5.74) is 4.67. The van der Waals surface area contributed by atoms with Crippen molar-refractivity contribution in [1.29, 1.82) is 0 Å². The van der Waals surface area contributed by atoms with Crippen LogP contribution in [0.15, 0.2) is 51.7 Å². The number of nitrogens with one attached hydrogen (secondary N) is 1. The molecule has 25 heavy (non-hydrogen) atoms. The van der Waals surface area contributed by atoms with E-state index < -0.39 is 0 Å². The van der Waals surface area contributed by atoms with E-state index in [1.165, 1.54) is 36.1 Å². The van der Waals surface area contributed by atoms with Gasteiger partial charge in [0.15, 0.2) is 5.58 Å². The van der Waals surface area contributed by atoms with Crippen LogP contribution >= 0.6 is 0 Å². The maximum atomic E-state index is 11.6. The van der Waals surface area contributed by atoms with Crippen molar-refractivity contribution in [2.45, 2.75) is 25.3 Å². The molecule has 2 aliphatic rings. The number of hydrogen-bond acceptors (Lipinski definition) is 4. The summed E-state index contributed by atoms with van der Waals surface area (Å²) < 4.78 is 6.76. The number of oxazole rings is 1. The van der Waals surface area contributed by atoms with E-state index >= 15 is 0 Å². The third kappa shape index (κ3) is 2.42. The van der Waals surface area contributed by atoms with Crippen LogP contribution in [-0.2, 0) is 7.05 Å². The summed E-state index contributed by atoms with van der Waals surface area (Å²) in [4.78, 5) is 14.2. The van der Waals surface area contributed by atoms with E-state index in [1.807, 2.05) is 18.2 Å². The first-order chi connectivity index (χ1) is 12.2. The van der Waals surface area contributed by atoms with Crippen LogP contribution in [0.2, 0.25) is 0 Å². The van der Waals surface area contributed by atoms with Gasteiger partial charge in [-0.2, -0.15) is 0 Å². The summed E-state index contributed by atoms with van der Waals surface area (Å²) in [5, 5.41) is 3.39. The Bertz CT molecular complexity index is 986. The standard InChI is InChI=1S/C20H21N3O2/c1-22-18-9-5-15(11-19(18)25-20(22)24)21-14-3-7-16(8-4-14)23-12-13-2-6-17(23)10-13/h3-5,7-9,11,13,17,21H,2,6,10,12H2,1H3/t13-,17+/m0/s1. The lowest BCUT2D eigenvalue weighted by atomic mass is 10.1.